The Hall–Kier alpha value is -1.36. The van der Waals surface area contributed by atoms with Gasteiger partial charge in [0, 0.05) is 11.4 Å². The second kappa shape index (κ2) is 6.18. The van der Waals surface area contributed by atoms with E-state index in [0.29, 0.717) is 21.3 Å². The van der Waals surface area contributed by atoms with Crippen LogP contribution in [0.1, 0.15) is 22.5 Å². The van der Waals surface area contributed by atoms with E-state index in [2.05, 4.69) is 10.3 Å². The first kappa shape index (κ1) is 16.0. The molecule has 0 aliphatic rings. The van der Waals surface area contributed by atoms with E-state index < -0.39 is 0 Å². The van der Waals surface area contributed by atoms with E-state index in [-0.39, 0.29) is 4.99 Å². The first-order chi connectivity index (χ1) is 9.81. The fourth-order valence-corrected chi connectivity index (χ4v) is 2.87. The molecule has 0 saturated carbocycles. The molecule has 0 atom stereocenters. The third-order valence-electron chi connectivity index (χ3n) is 3.12. The SMILES string of the molecule is Cc1cc(Nc2c(Cl)ccc(C)c2Cl)c(C(N)=S)c(C)n1. The number of hydrogen-bond acceptors (Lipinski definition) is 3. The van der Waals surface area contributed by atoms with E-state index in [1.54, 1.807) is 6.07 Å². The maximum atomic E-state index is 6.33. The Balaban J connectivity index is 2.60. The molecule has 0 aliphatic heterocycles. The van der Waals surface area contributed by atoms with Crippen molar-refractivity contribution in [3.05, 3.63) is 50.8 Å². The fourth-order valence-electron chi connectivity index (χ4n) is 2.14. The zero-order chi connectivity index (χ0) is 15.7. The number of thiocarbonyl (C=S) groups is 1. The largest absolute Gasteiger partial charge is 0.389 e. The topological polar surface area (TPSA) is 50.9 Å². The van der Waals surface area contributed by atoms with Crippen molar-refractivity contribution >= 4 is 51.8 Å². The van der Waals surface area contributed by atoms with Crippen LogP contribution in [0.3, 0.4) is 0 Å². The van der Waals surface area contributed by atoms with Crippen LogP contribution in [-0.2, 0) is 0 Å². The lowest BCUT2D eigenvalue weighted by molar-refractivity contribution is 1.12. The molecule has 0 saturated heterocycles. The Labute approximate surface area is 139 Å². The molecule has 0 fully saturated rings. The van der Waals surface area contributed by atoms with Gasteiger partial charge < -0.3 is 11.1 Å². The standard InChI is InChI=1S/C15H15Cl2N3S/c1-7-4-5-10(16)14(13(7)17)20-11-6-8(2)19-9(3)12(11)15(18)21/h4-6H,1-3H3,(H2,18,21)(H,19,20). The predicted molar refractivity (Wildman–Crippen MR) is 94.1 cm³/mol. The van der Waals surface area contributed by atoms with Crippen molar-refractivity contribution in [2.45, 2.75) is 20.8 Å². The normalized spacial score (nSPS) is 10.5. The van der Waals surface area contributed by atoms with Gasteiger partial charge in [-0.15, -0.1) is 0 Å². The van der Waals surface area contributed by atoms with Gasteiger partial charge in [0.25, 0.3) is 0 Å². The highest BCUT2D eigenvalue weighted by Gasteiger charge is 2.15. The second-order valence-corrected chi connectivity index (χ2v) is 6.04. The van der Waals surface area contributed by atoms with Gasteiger partial charge in [-0.3, -0.25) is 4.98 Å². The van der Waals surface area contributed by atoms with Crippen molar-refractivity contribution in [2.24, 2.45) is 5.73 Å². The number of aromatic nitrogens is 1. The third kappa shape index (κ3) is 3.28. The summed E-state index contributed by atoms with van der Waals surface area (Å²) in [6, 6.07) is 5.54. The second-order valence-electron chi connectivity index (χ2n) is 4.81. The maximum Gasteiger partial charge on any atom is 0.107 e. The summed E-state index contributed by atoms with van der Waals surface area (Å²) in [6.45, 7) is 5.69. The van der Waals surface area contributed by atoms with Crippen molar-refractivity contribution < 1.29 is 0 Å². The third-order valence-corrected chi connectivity index (χ3v) is 4.12. The Bertz CT molecular complexity index is 729. The van der Waals surface area contributed by atoms with Crippen molar-refractivity contribution in [1.82, 2.24) is 4.98 Å². The van der Waals surface area contributed by atoms with Crippen LogP contribution in [0.4, 0.5) is 11.4 Å². The summed E-state index contributed by atoms with van der Waals surface area (Å²) >= 11 is 17.7. The summed E-state index contributed by atoms with van der Waals surface area (Å²) < 4.78 is 0. The molecule has 2 aromatic rings. The van der Waals surface area contributed by atoms with Gasteiger partial charge in [-0.05, 0) is 38.5 Å². The molecule has 0 radical (unpaired) electrons. The number of pyridine rings is 1. The molecule has 21 heavy (non-hydrogen) atoms. The van der Waals surface area contributed by atoms with Crippen LogP contribution in [0.5, 0.6) is 0 Å². The van der Waals surface area contributed by atoms with E-state index in [4.69, 9.17) is 41.2 Å². The molecule has 6 heteroatoms. The quantitative estimate of drug-likeness (QED) is 0.796. The number of rotatable bonds is 3. The van der Waals surface area contributed by atoms with Gasteiger partial charge in [-0.25, -0.2) is 0 Å². The molecular formula is C15H15Cl2N3S. The van der Waals surface area contributed by atoms with Crippen LogP contribution in [0.2, 0.25) is 10.0 Å². The number of hydrogen-bond donors (Lipinski definition) is 2. The molecule has 2 rings (SSSR count). The highest BCUT2D eigenvalue weighted by atomic mass is 35.5. The van der Waals surface area contributed by atoms with E-state index in [1.807, 2.05) is 32.9 Å². The zero-order valence-electron chi connectivity index (χ0n) is 11.9. The molecule has 0 spiro atoms. The molecule has 3 N–H and O–H groups in total. The summed E-state index contributed by atoms with van der Waals surface area (Å²) in [7, 11) is 0. The van der Waals surface area contributed by atoms with E-state index in [9.17, 15) is 0 Å². The predicted octanol–water partition coefficient (Wildman–Crippen LogP) is 4.69. The van der Waals surface area contributed by atoms with Crippen molar-refractivity contribution in [1.29, 1.82) is 0 Å². The minimum Gasteiger partial charge on any atom is -0.389 e. The van der Waals surface area contributed by atoms with Gasteiger partial charge in [0.2, 0.25) is 0 Å². The number of nitrogens with zero attached hydrogens (tertiary/aromatic N) is 1. The molecule has 110 valence electrons. The van der Waals surface area contributed by atoms with Crippen LogP contribution < -0.4 is 11.1 Å². The van der Waals surface area contributed by atoms with Gasteiger partial charge in [0.15, 0.2) is 0 Å². The molecule has 3 nitrogen and oxygen atoms in total. The molecule has 0 aliphatic carbocycles. The number of nitrogens with one attached hydrogen (secondary N) is 1. The highest BCUT2D eigenvalue weighted by molar-refractivity contribution is 7.80. The Morgan fingerprint density at radius 1 is 1.24 bits per heavy atom. The smallest absolute Gasteiger partial charge is 0.107 e. The number of anilines is 2. The van der Waals surface area contributed by atoms with Crippen molar-refractivity contribution in [2.75, 3.05) is 5.32 Å². The van der Waals surface area contributed by atoms with Crippen LogP contribution in [-0.4, -0.2) is 9.97 Å². The molecule has 1 aromatic carbocycles. The first-order valence-electron chi connectivity index (χ1n) is 6.31. The lowest BCUT2D eigenvalue weighted by Crippen LogP contribution is -2.15. The lowest BCUT2D eigenvalue weighted by Gasteiger charge is -2.17. The van der Waals surface area contributed by atoms with Gasteiger partial charge in [-0.1, -0.05) is 41.5 Å². The minimum atomic E-state index is 0.280. The van der Waals surface area contributed by atoms with Crippen molar-refractivity contribution in [3.8, 4) is 0 Å². The lowest BCUT2D eigenvalue weighted by atomic mass is 10.1. The van der Waals surface area contributed by atoms with Crippen LogP contribution in [0.25, 0.3) is 0 Å². The van der Waals surface area contributed by atoms with E-state index >= 15 is 0 Å². The van der Waals surface area contributed by atoms with Crippen LogP contribution in [0, 0.1) is 20.8 Å². The Kier molecular flexibility index (Phi) is 4.71. The Morgan fingerprint density at radius 3 is 2.52 bits per heavy atom. The average molecular weight is 340 g/mol. The summed E-state index contributed by atoms with van der Waals surface area (Å²) in [4.78, 5) is 4.67. The van der Waals surface area contributed by atoms with E-state index in [0.717, 1.165) is 22.6 Å². The first-order valence-corrected chi connectivity index (χ1v) is 7.47. The highest BCUT2D eigenvalue weighted by Crippen LogP contribution is 2.36. The number of nitrogens with two attached hydrogens (primary N) is 1. The molecule has 1 aromatic heterocycles. The molecular weight excluding hydrogens is 325 g/mol. The van der Waals surface area contributed by atoms with Gasteiger partial charge >= 0.3 is 0 Å². The van der Waals surface area contributed by atoms with Crippen LogP contribution >= 0.6 is 35.4 Å². The average Bonchev–Trinajstić information content (AvgIpc) is 2.38. The van der Waals surface area contributed by atoms with E-state index in [1.165, 1.54) is 0 Å². The van der Waals surface area contributed by atoms with Gasteiger partial charge in [0.1, 0.15) is 4.99 Å². The van der Waals surface area contributed by atoms with Crippen LogP contribution in [0.15, 0.2) is 18.2 Å². The molecule has 0 bridgehead atoms. The van der Waals surface area contributed by atoms with Gasteiger partial charge in [-0.2, -0.15) is 0 Å². The van der Waals surface area contributed by atoms with Crippen molar-refractivity contribution in [3.63, 3.8) is 0 Å². The monoisotopic (exact) mass is 339 g/mol. The Morgan fingerprint density at radius 2 is 1.90 bits per heavy atom. The summed E-state index contributed by atoms with van der Waals surface area (Å²) in [6.07, 6.45) is 0. The zero-order valence-corrected chi connectivity index (χ0v) is 14.2. The fraction of sp³-hybridized carbons (Fsp3) is 0.200. The molecule has 0 amide bonds. The van der Waals surface area contributed by atoms with Gasteiger partial charge in [0.05, 0.1) is 27.0 Å². The number of benzene rings is 1. The summed E-state index contributed by atoms with van der Waals surface area (Å²) in [5.74, 6) is 0. The maximum absolute atomic E-state index is 6.33. The summed E-state index contributed by atoms with van der Waals surface area (Å²) in [5, 5.41) is 4.35. The molecule has 0 unspecified atom stereocenters. The summed E-state index contributed by atoms with van der Waals surface area (Å²) in [5.41, 5.74) is 10.5. The molecule has 1 heterocycles. The number of aryl methyl sites for hydroxylation is 3. The number of halogens is 2. The minimum absolute atomic E-state index is 0.280.